The second-order valence-electron chi connectivity index (χ2n) is 6.62. The Morgan fingerprint density at radius 2 is 2.12 bits per heavy atom. The molecule has 4 heterocycles. The molecule has 2 aromatic rings. The minimum Gasteiger partial charge on any atom is -0.353 e. The largest absolute Gasteiger partial charge is 0.353 e. The molecule has 2 saturated heterocycles. The van der Waals surface area contributed by atoms with Gasteiger partial charge in [-0.3, -0.25) is 4.79 Å². The number of hydrogen-bond donors (Lipinski definition) is 1. The van der Waals surface area contributed by atoms with Crippen molar-refractivity contribution in [2.45, 2.75) is 37.6 Å². The maximum Gasteiger partial charge on any atom is 0.274 e. The molecule has 128 valence electrons. The smallest absolute Gasteiger partial charge is 0.274 e. The van der Waals surface area contributed by atoms with Crippen LogP contribution in [-0.4, -0.2) is 56.9 Å². The summed E-state index contributed by atoms with van der Waals surface area (Å²) in [6.45, 7) is 2.06. The van der Waals surface area contributed by atoms with Gasteiger partial charge in [-0.25, -0.2) is 18.7 Å². The molecule has 6 nitrogen and oxygen atoms in total. The molecule has 0 radical (unpaired) electrons. The number of piperidine rings is 1. The van der Waals surface area contributed by atoms with Gasteiger partial charge in [0.25, 0.3) is 5.92 Å². The number of nitrogens with one attached hydrogen (secondary N) is 1. The summed E-state index contributed by atoms with van der Waals surface area (Å²) >= 11 is 0. The molecule has 0 aromatic carbocycles. The molecule has 0 bridgehead atoms. The Balaban J connectivity index is 1.76. The van der Waals surface area contributed by atoms with Gasteiger partial charge in [0.2, 0.25) is 5.91 Å². The first-order valence-corrected chi connectivity index (χ1v) is 8.14. The van der Waals surface area contributed by atoms with Crippen LogP contribution in [-0.2, 0) is 4.79 Å². The van der Waals surface area contributed by atoms with Crippen molar-refractivity contribution in [3.8, 4) is 0 Å². The molecule has 2 fully saturated rings. The van der Waals surface area contributed by atoms with Gasteiger partial charge in [-0.2, -0.15) is 0 Å². The zero-order chi connectivity index (χ0) is 16.9. The van der Waals surface area contributed by atoms with E-state index in [1.54, 1.807) is 6.20 Å². The monoisotopic (exact) mass is 335 g/mol. The number of aromatic nitrogens is 3. The molecule has 1 N–H and O–H groups in total. The van der Waals surface area contributed by atoms with Crippen LogP contribution in [0.4, 0.5) is 14.6 Å². The third-order valence-electron chi connectivity index (χ3n) is 5.33. The maximum absolute atomic E-state index is 14.9. The fourth-order valence-electron chi connectivity index (χ4n) is 4.19. The van der Waals surface area contributed by atoms with Crippen molar-refractivity contribution in [3.05, 3.63) is 18.6 Å². The SMILES string of the molecule is CC(=O)N1CCCC12CN(c1ncnc3[nH]ccc13)CCC2(F)F. The van der Waals surface area contributed by atoms with Crippen LogP contribution >= 0.6 is 0 Å². The van der Waals surface area contributed by atoms with Crippen LogP contribution in [0.2, 0.25) is 0 Å². The molecule has 0 saturated carbocycles. The standard InChI is InChI=1S/C16H19F2N5O/c1-11(24)23-7-2-4-15(23)9-22(8-5-16(15,17)18)14-12-3-6-19-13(12)20-10-21-14/h3,6,10H,2,4-5,7-9H2,1H3,(H,19,20,21). The van der Waals surface area contributed by atoms with Crippen molar-refractivity contribution >= 4 is 22.8 Å². The van der Waals surface area contributed by atoms with E-state index in [9.17, 15) is 13.6 Å². The molecule has 4 rings (SSSR count). The van der Waals surface area contributed by atoms with E-state index in [1.807, 2.05) is 11.0 Å². The summed E-state index contributed by atoms with van der Waals surface area (Å²) in [5, 5.41) is 0.810. The highest BCUT2D eigenvalue weighted by molar-refractivity contribution is 5.87. The normalized spacial score (nSPS) is 26.5. The van der Waals surface area contributed by atoms with Gasteiger partial charge in [0.15, 0.2) is 0 Å². The molecule has 1 unspecified atom stereocenters. The summed E-state index contributed by atoms with van der Waals surface area (Å²) in [5.74, 6) is -2.54. The summed E-state index contributed by atoms with van der Waals surface area (Å²) in [5.41, 5.74) is -0.758. The first kappa shape index (κ1) is 15.3. The summed E-state index contributed by atoms with van der Waals surface area (Å²) in [6, 6.07) is 1.85. The Labute approximate surface area is 137 Å². The van der Waals surface area contributed by atoms with Crippen molar-refractivity contribution in [1.29, 1.82) is 0 Å². The Morgan fingerprint density at radius 1 is 1.29 bits per heavy atom. The summed E-state index contributed by atoms with van der Waals surface area (Å²) in [7, 11) is 0. The lowest BCUT2D eigenvalue weighted by Crippen LogP contribution is -2.67. The van der Waals surface area contributed by atoms with E-state index in [0.717, 1.165) is 5.39 Å². The van der Waals surface area contributed by atoms with Crippen molar-refractivity contribution < 1.29 is 13.6 Å². The van der Waals surface area contributed by atoms with Crippen LogP contribution in [0, 0.1) is 0 Å². The van der Waals surface area contributed by atoms with Gasteiger partial charge in [-0.1, -0.05) is 0 Å². The Morgan fingerprint density at radius 3 is 2.92 bits per heavy atom. The number of H-pyrrole nitrogens is 1. The van der Waals surface area contributed by atoms with Crippen LogP contribution < -0.4 is 4.90 Å². The molecule has 0 aliphatic carbocycles. The topological polar surface area (TPSA) is 65.1 Å². The molecule has 1 spiro atoms. The second kappa shape index (κ2) is 5.12. The van der Waals surface area contributed by atoms with E-state index in [1.165, 1.54) is 18.2 Å². The quantitative estimate of drug-likeness (QED) is 0.868. The van der Waals surface area contributed by atoms with Gasteiger partial charge in [0.05, 0.1) is 5.39 Å². The molecular formula is C16H19F2N5O. The number of anilines is 1. The number of alkyl halides is 2. The van der Waals surface area contributed by atoms with Gasteiger partial charge < -0.3 is 14.8 Å². The van der Waals surface area contributed by atoms with Crippen molar-refractivity contribution in [2.24, 2.45) is 0 Å². The van der Waals surface area contributed by atoms with E-state index >= 15 is 0 Å². The number of hydrogen-bond acceptors (Lipinski definition) is 4. The van der Waals surface area contributed by atoms with Crippen molar-refractivity contribution in [1.82, 2.24) is 19.9 Å². The minimum absolute atomic E-state index is 0.0941. The van der Waals surface area contributed by atoms with Gasteiger partial charge in [-0.15, -0.1) is 0 Å². The number of halogens is 2. The molecule has 1 amide bonds. The van der Waals surface area contributed by atoms with E-state index in [2.05, 4.69) is 15.0 Å². The lowest BCUT2D eigenvalue weighted by Gasteiger charge is -2.50. The number of carbonyl (C=O) groups excluding carboxylic acids is 1. The number of nitrogens with zero attached hydrogens (tertiary/aromatic N) is 4. The van der Waals surface area contributed by atoms with Crippen LogP contribution in [0.15, 0.2) is 18.6 Å². The molecular weight excluding hydrogens is 316 g/mol. The highest BCUT2D eigenvalue weighted by Gasteiger charge is 2.62. The fourth-order valence-corrected chi connectivity index (χ4v) is 4.19. The Hall–Kier alpha value is -2.25. The number of rotatable bonds is 1. The average Bonchev–Trinajstić information content (AvgIpc) is 3.17. The zero-order valence-corrected chi connectivity index (χ0v) is 13.4. The maximum atomic E-state index is 14.9. The molecule has 8 heteroatoms. The Bertz CT molecular complexity index is 792. The van der Waals surface area contributed by atoms with E-state index in [0.29, 0.717) is 30.9 Å². The number of carbonyl (C=O) groups is 1. The first-order valence-electron chi connectivity index (χ1n) is 8.14. The molecule has 1 atom stereocenters. The third-order valence-corrected chi connectivity index (χ3v) is 5.33. The van der Waals surface area contributed by atoms with Crippen molar-refractivity contribution in [3.63, 3.8) is 0 Å². The van der Waals surface area contributed by atoms with Crippen molar-refractivity contribution in [2.75, 3.05) is 24.5 Å². The lowest BCUT2D eigenvalue weighted by atomic mass is 9.82. The van der Waals surface area contributed by atoms with Gasteiger partial charge in [-0.05, 0) is 18.9 Å². The van der Waals surface area contributed by atoms with Gasteiger partial charge in [0, 0.05) is 39.2 Å². The summed E-state index contributed by atoms with van der Waals surface area (Å²) in [6.07, 6.45) is 3.83. The third kappa shape index (κ3) is 2.01. The highest BCUT2D eigenvalue weighted by Crippen LogP contribution is 2.48. The Kier molecular flexibility index (Phi) is 3.26. The van der Waals surface area contributed by atoms with Crippen LogP contribution in [0.1, 0.15) is 26.2 Å². The summed E-state index contributed by atoms with van der Waals surface area (Å²) < 4.78 is 29.7. The summed E-state index contributed by atoms with van der Waals surface area (Å²) in [4.78, 5) is 26.7. The predicted molar refractivity (Wildman–Crippen MR) is 85.0 cm³/mol. The van der Waals surface area contributed by atoms with E-state index < -0.39 is 11.5 Å². The van der Waals surface area contributed by atoms with Gasteiger partial charge >= 0.3 is 0 Å². The average molecular weight is 335 g/mol. The second-order valence-corrected chi connectivity index (χ2v) is 6.62. The molecule has 24 heavy (non-hydrogen) atoms. The minimum atomic E-state index is -2.89. The van der Waals surface area contributed by atoms with E-state index in [-0.39, 0.29) is 25.4 Å². The van der Waals surface area contributed by atoms with E-state index in [4.69, 9.17) is 0 Å². The number of aromatic amines is 1. The first-order chi connectivity index (χ1) is 11.4. The zero-order valence-electron chi connectivity index (χ0n) is 13.4. The van der Waals surface area contributed by atoms with Crippen LogP contribution in [0.25, 0.3) is 11.0 Å². The lowest BCUT2D eigenvalue weighted by molar-refractivity contribution is -0.163. The molecule has 2 aromatic heterocycles. The van der Waals surface area contributed by atoms with Crippen LogP contribution in [0.5, 0.6) is 0 Å². The fraction of sp³-hybridized carbons (Fsp3) is 0.562. The number of likely N-dealkylation sites (tertiary alicyclic amines) is 1. The highest BCUT2D eigenvalue weighted by atomic mass is 19.3. The predicted octanol–water partition coefficient (Wildman–Crippen LogP) is 2.18. The molecule has 2 aliphatic rings. The molecule has 2 aliphatic heterocycles. The van der Waals surface area contributed by atoms with Crippen LogP contribution in [0.3, 0.4) is 0 Å². The number of amides is 1. The number of fused-ring (bicyclic) bond motifs is 1. The van der Waals surface area contributed by atoms with Gasteiger partial charge in [0.1, 0.15) is 23.3 Å².